The van der Waals surface area contributed by atoms with Gasteiger partial charge in [-0.1, -0.05) is 11.6 Å². The van der Waals surface area contributed by atoms with Crippen molar-refractivity contribution in [1.82, 2.24) is 9.55 Å². The minimum Gasteiger partial charge on any atom is -0.377 e. The third kappa shape index (κ3) is 3.08. The molecular formula is C14H17Cl2FN2O. The molecular weight excluding hydrogens is 302 g/mol. The molecule has 2 atom stereocenters. The summed E-state index contributed by atoms with van der Waals surface area (Å²) < 4.78 is 21.0. The number of nitrogens with zero attached hydrogens (tertiary/aromatic N) is 2. The van der Waals surface area contributed by atoms with Crippen LogP contribution < -0.4 is 0 Å². The molecule has 3 nitrogen and oxygen atoms in total. The molecule has 2 unspecified atom stereocenters. The number of hydrogen-bond acceptors (Lipinski definition) is 2. The minimum absolute atomic E-state index is 0.00963. The predicted octanol–water partition coefficient (Wildman–Crippen LogP) is 4.55. The second-order valence-corrected chi connectivity index (χ2v) is 5.78. The number of halogens is 3. The van der Waals surface area contributed by atoms with Gasteiger partial charge in [-0.3, -0.25) is 0 Å². The molecule has 1 aromatic heterocycles. The molecule has 20 heavy (non-hydrogen) atoms. The molecule has 0 spiro atoms. The third-order valence-electron chi connectivity index (χ3n) is 3.07. The van der Waals surface area contributed by atoms with Gasteiger partial charge in [-0.15, -0.1) is 11.6 Å². The Morgan fingerprint density at radius 1 is 1.40 bits per heavy atom. The van der Waals surface area contributed by atoms with Gasteiger partial charge in [-0.05, 0) is 26.8 Å². The first kappa shape index (κ1) is 15.5. The van der Waals surface area contributed by atoms with Crippen LogP contribution in [0.15, 0.2) is 12.1 Å². The van der Waals surface area contributed by atoms with Crippen LogP contribution in [-0.4, -0.2) is 22.3 Å². The van der Waals surface area contributed by atoms with Gasteiger partial charge in [0.2, 0.25) is 0 Å². The van der Waals surface area contributed by atoms with E-state index in [9.17, 15) is 4.39 Å². The highest BCUT2D eigenvalue weighted by Crippen LogP contribution is 2.28. The Bertz CT molecular complexity index is 613. The number of imidazole rings is 1. The summed E-state index contributed by atoms with van der Waals surface area (Å²) in [7, 11) is 0. The van der Waals surface area contributed by atoms with Gasteiger partial charge in [0.1, 0.15) is 11.6 Å². The van der Waals surface area contributed by atoms with Crippen molar-refractivity contribution in [3.05, 3.63) is 28.8 Å². The molecule has 0 aliphatic rings. The van der Waals surface area contributed by atoms with Crippen LogP contribution in [-0.2, 0) is 11.3 Å². The molecule has 110 valence electrons. The quantitative estimate of drug-likeness (QED) is 0.756. The summed E-state index contributed by atoms with van der Waals surface area (Å²) in [4.78, 5) is 4.40. The van der Waals surface area contributed by atoms with Crippen LogP contribution in [0.3, 0.4) is 0 Å². The van der Waals surface area contributed by atoms with Crippen molar-refractivity contribution in [1.29, 1.82) is 0 Å². The monoisotopic (exact) mass is 318 g/mol. The van der Waals surface area contributed by atoms with Crippen molar-refractivity contribution in [2.24, 2.45) is 0 Å². The minimum atomic E-state index is -0.476. The fraction of sp³-hybridized carbons (Fsp3) is 0.500. The number of rotatable bonds is 5. The molecule has 2 rings (SSSR count). The lowest BCUT2D eigenvalue weighted by atomic mass is 10.3. The molecule has 0 fully saturated rings. The Labute approximate surface area is 127 Å². The maximum atomic E-state index is 13.5. The van der Waals surface area contributed by atoms with Gasteiger partial charge in [0, 0.05) is 12.7 Å². The fourth-order valence-corrected chi connectivity index (χ4v) is 2.55. The number of benzene rings is 1. The summed E-state index contributed by atoms with van der Waals surface area (Å²) in [5.74, 6) is 0.213. The van der Waals surface area contributed by atoms with Crippen LogP contribution in [0.5, 0.6) is 0 Å². The Morgan fingerprint density at radius 3 is 2.70 bits per heavy atom. The maximum absolute atomic E-state index is 13.5. The lowest BCUT2D eigenvalue weighted by Gasteiger charge is -2.16. The average Bonchev–Trinajstić information content (AvgIpc) is 2.69. The number of ether oxygens (including phenoxy) is 1. The van der Waals surface area contributed by atoms with Crippen LogP contribution in [0, 0.1) is 5.82 Å². The van der Waals surface area contributed by atoms with Gasteiger partial charge in [0.05, 0.1) is 34.1 Å². The molecule has 0 bridgehead atoms. The smallest absolute Gasteiger partial charge is 0.144 e. The molecule has 0 aliphatic heterocycles. The van der Waals surface area contributed by atoms with Gasteiger partial charge < -0.3 is 9.30 Å². The van der Waals surface area contributed by atoms with E-state index >= 15 is 0 Å². The molecule has 0 aliphatic carbocycles. The van der Waals surface area contributed by atoms with Crippen molar-refractivity contribution < 1.29 is 9.13 Å². The summed E-state index contributed by atoms with van der Waals surface area (Å²) in [5.41, 5.74) is 1.32. The van der Waals surface area contributed by atoms with E-state index in [0.29, 0.717) is 24.5 Å². The van der Waals surface area contributed by atoms with Crippen molar-refractivity contribution >= 4 is 34.2 Å². The van der Waals surface area contributed by atoms with Crippen LogP contribution >= 0.6 is 23.2 Å². The Kier molecular flexibility index (Phi) is 4.89. The molecule has 0 N–H and O–H groups in total. The van der Waals surface area contributed by atoms with E-state index in [1.807, 2.05) is 25.3 Å². The van der Waals surface area contributed by atoms with Gasteiger partial charge in [0.15, 0.2) is 0 Å². The Morgan fingerprint density at radius 2 is 2.10 bits per heavy atom. The number of hydrogen-bond donors (Lipinski definition) is 0. The highest BCUT2D eigenvalue weighted by Gasteiger charge is 2.18. The summed E-state index contributed by atoms with van der Waals surface area (Å²) in [5, 5.41) is -0.199. The van der Waals surface area contributed by atoms with Crippen LogP contribution in [0.25, 0.3) is 11.0 Å². The van der Waals surface area contributed by atoms with Crippen molar-refractivity contribution in [3.8, 4) is 0 Å². The topological polar surface area (TPSA) is 27.1 Å². The van der Waals surface area contributed by atoms with Crippen molar-refractivity contribution in [2.45, 2.75) is 38.8 Å². The van der Waals surface area contributed by atoms with Crippen LogP contribution in [0.2, 0.25) is 5.02 Å². The van der Waals surface area contributed by atoms with Crippen molar-refractivity contribution in [2.75, 3.05) is 6.61 Å². The highest BCUT2D eigenvalue weighted by atomic mass is 35.5. The van der Waals surface area contributed by atoms with Crippen LogP contribution in [0.1, 0.15) is 32.0 Å². The molecule has 2 aromatic rings. The summed E-state index contributed by atoms with van der Waals surface area (Å²) in [6, 6.07) is 2.92. The molecule has 1 aromatic carbocycles. The molecule has 6 heteroatoms. The van der Waals surface area contributed by atoms with E-state index in [1.165, 1.54) is 6.07 Å². The van der Waals surface area contributed by atoms with Crippen molar-refractivity contribution in [3.63, 3.8) is 0 Å². The van der Waals surface area contributed by atoms with E-state index < -0.39 is 5.82 Å². The Balaban J connectivity index is 2.53. The van der Waals surface area contributed by atoms with E-state index in [4.69, 9.17) is 27.9 Å². The molecule has 0 amide bonds. The number of alkyl halides is 1. The zero-order valence-electron chi connectivity index (χ0n) is 11.7. The van der Waals surface area contributed by atoms with Gasteiger partial charge in [-0.25, -0.2) is 9.37 Å². The maximum Gasteiger partial charge on any atom is 0.144 e. The lowest BCUT2D eigenvalue weighted by Crippen LogP contribution is -2.18. The van der Waals surface area contributed by atoms with Crippen LogP contribution in [0.4, 0.5) is 4.39 Å². The Hall–Kier alpha value is -0.840. The molecule has 0 saturated carbocycles. The number of fused-ring (bicyclic) bond motifs is 1. The average molecular weight is 319 g/mol. The number of aromatic nitrogens is 2. The molecule has 1 heterocycles. The molecule has 0 saturated heterocycles. The lowest BCUT2D eigenvalue weighted by molar-refractivity contribution is 0.0642. The second kappa shape index (κ2) is 6.29. The first-order valence-corrected chi connectivity index (χ1v) is 7.36. The second-order valence-electron chi connectivity index (χ2n) is 4.72. The SMILES string of the molecule is CCOC(C)Cn1c(C(C)Cl)nc2cc(F)c(Cl)cc21. The van der Waals surface area contributed by atoms with E-state index in [-0.39, 0.29) is 16.5 Å². The zero-order chi connectivity index (χ0) is 14.9. The third-order valence-corrected chi connectivity index (χ3v) is 3.55. The summed E-state index contributed by atoms with van der Waals surface area (Å²) in [6.45, 7) is 6.99. The fourth-order valence-electron chi connectivity index (χ4n) is 2.23. The standard InChI is InChI=1S/C14H17Cl2FN2O/c1-4-20-8(2)7-19-13-5-10(16)11(17)6-12(13)18-14(19)9(3)15/h5-6,8-9H,4,7H2,1-3H3. The van der Waals surface area contributed by atoms with Gasteiger partial charge in [-0.2, -0.15) is 0 Å². The van der Waals surface area contributed by atoms with E-state index in [1.54, 1.807) is 6.07 Å². The van der Waals surface area contributed by atoms with Gasteiger partial charge in [0.25, 0.3) is 0 Å². The largest absolute Gasteiger partial charge is 0.377 e. The summed E-state index contributed by atoms with van der Waals surface area (Å²) >= 11 is 12.0. The first-order valence-electron chi connectivity index (χ1n) is 6.54. The highest BCUT2D eigenvalue weighted by molar-refractivity contribution is 6.31. The normalized spacial score (nSPS) is 14.7. The van der Waals surface area contributed by atoms with Gasteiger partial charge >= 0.3 is 0 Å². The first-order chi connectivity index (χ1) is 9.43. The predicted molar refractivity (Wildman–Crippen MR) is 80.1 cm³/mol. The van der Waals surface area contributed by atoms with E-state index in [2.05, 4.69) is 4.98 Å². The summed E-state index contributed by atoms with van der Waals surface area (Å²) in [6.07, 6.45) is 0.00963. The molecule has 0 radical (unpaired) electrons. The van der Waals surface area contributed by atoms with E-state index in [0.717, 1.165) is 5.52 Å². The zero-order valence-corrected chi connectivity index (χ0v) is 13.2.